The van der Waals surface area contributed by atoms with Crippen LogP contribution >= 0.6 is 0 Å². The Morgan fingerprint density at radius 2 is 1.79 bits per heavy atom. The van der Waals surface area contributed by atoms with Gasteiger partial charge in [0.15, 0.2) is 0 Å². The van der Waals surface area contributed by atoms with Gasteiger partial charge in [0.1, 0.15) is 11.9 Å². The number of hydrogen-bond acceptors (Lipinski definition) is 2. The maximum Gasteiger partial charge on any atom is 0.122 e. The minimum absolute atomic E-state index is 0.284. The van der Waals surface area contributed by atoms with Gasteiger partial charge in [-0.25, -0.2) is 0 Å². The minimum atomic E-state index is 0.284. The number of hydrogen-bond donors (Lipinski definition) is 0. The summed E-state index contributed by atoms with van der Waals surface area (Å²) in [7, 11) is 0. The first-order chi connectivity index (χ1) is 9.00. The largest absolute Gasteiger partial charge is 0.490 e. The zero-order valence-corrected chi connectivity index (χ0v) is 12.8. The second-order valence-corrected chi connectivity index (χ2v) is 6.44. The van der Waals surface area contributed by atoms with Gasteiger partial charge in [-0.2, -0.15) is 0 Å². The van der Waals surface area contributed by atoms with Crippen LogP contribution in [0.4, 0.5) is 0 Å². The number of para-hydroxylation sites is 1. The molecule has 0 unspecified atom stereocenters. The summed E-state index contributed by atoms with van der Waals surface area (Å²) in [6, 6.07) is 8.43. The average molecular weight is 261 g/mol. The molecule has 1 aliphatic rings. The van der Waals surface area contributed by atoms with Gasteiger partial charge in [0.05, 0.1) is 0 Å². The zero-order chi connectivity index (χ0) is 13.9. The molecule has 106 valence electrons. The van der Waals surface area contributed by atoms with E-state index in [1.165, 1.54) is 5.56 Å². The van der Waals surface area contributed by atoms with E-state index in [2.05, 4.69) is 56.9 Å². The van der Waals surface area contributed by atoms with Crippen LogP contribution in [0.3, 0.4) is 0 Å². The van der Waals surface area contributed by atoms with E-state index in [1.54, 1.807) is 0 Å². The van der Waals surface area contributed by atoms with Crippen LogP contribution in [0.15, 0.2) is 24.3 Å². The van der Waals surface area contributed by atoms with Crippen LogP contribution in [0.5, 0.6) is 5.75 Å². The number of likely N-dealkylation sites (tertiary alicyclic amines) is 1. The molecule has 2 rings (SSSR count). The molecule has 0 radical (unpaired) electrons. The van der Waals surface area contributed by atoms with E-state index < -0.39 is 0 Å². The van der Waals surface area contributed by atoms with Crippen LogP contribution in [0.25, 0.3) is 0 Å². The quantitative estimate of drug-likeness (QED) is 0.818. The van der Waals surface area contributed by atoms with Gasteiger partial charge in [-0.3, -0.25) is 4.90 Å². The molecule has 1 aromatic rings. The summed E-state index contributed by atoms with van der Waals surface area (Å²) in [6.07, 6.45) is 3.69. The SMILES string of the molecule is CCc1ccccc1OC1CCN(C(C)(C)C)CC1. The molecule has 0 N–H and O–H groups in total. The molecule has 2 heteroatoms. The fourth-order valence-electron chi connectivity index (χ4n) is 2.73. The van der Waals surface area contributed by atoms with Crippen LogP contribution in [0.2, 0.25) is 0 Å². The van der Waals surface area contributed by atoms with E-state index in [0.29, 0.717) is 6.10 Å². The zero-order valence-electron chi connectivity index (χ0n) is 12.8. The van der Waals surface area contributed by atoms with E-state index in [-0.39, 0.29) is 5.54 Å². The highest BCUT2D eigenvalue weighted by Crippen LogP contribution is 2.25. The normalized spacial score (nSPS) is 18.5. The Morgan fingerprint density at radius 1 is 1.16 bits per heavy atom. The average Bonchev–Trinajstić information content (AvgIpc) is 2.39. The molecular formula is C17H27NO. The van der Waals surface area contributed by atoms with Crippen molar-refractivity contribution < 1.29 is 4.74 Å². The molecule has 19 heavy (non-hydrogen) atoms. The second kappa shape index (κ2) is 5.96. The third-order valence-electron chi connectivity index (χ3n) is 4.04. The van der Waals surface area contributed by atoms with Crippen molar-refractivity contribution in [1.82, 2.24) is 4.90 Å². The standard InChI is InChI=1S/C17H27NO/c1-5-14-8-6-7-9-16(14)19-15-10-12-18(13-11-15)17(2,3)4/h6-9,15H,5,10-13H2,1-4H3. The van der Waals surface area contributed by atoms with E-state index >= 15 is 0 Å². The molecule has 0 aromatic heterocycles. The molecule has 1 aromatic carbocycles. The number of nitrogens with zero attached hydrogens (tertiary/aromatic N) is 1. The molecule has 0 atom stereocenters. The van der Waals surface area contributed by atoms with E-state index in [4.69, 9.17) is 4.74 Å². The van der Waals surface area contributed by atoms with Crippen molar-refractivity contribution in [3.63, 3.8) is 0 Å². The first-order valence-corrected chi connectivity index (χ1v) is 7.50. The van der Waals surface area contributed by atoms with Crippen LogP contribution in [-0.2, 0) is 6.42 Å². The monoisotopic (exact) mass is 261 g/mol. The number of ether oxygens (including phenoxy) is 1. The first kappa shape index (κ1) is 14.4. The topological polar surface area (TPSA) is 12.5 Å². The Bertz CT molecular complexity index is 400. The summed E-state index contributed by atoms with van der Waals surface area (Å²) in [5.41, 5.74) is 1.60. The third kappa shape index (κ3) is 3.73. The highest BCUT2D eigenvalue weighted by Gasteiger charge is 2.27. The van der Waals surface area contributed by atoms with Crippen LogP contribution in [0, 0.1) is 0 Å². The molecule has 1 aliphatic heterocycles. The lowest BCUT2D eigenvalue weighted by molar-refractivity contribution is 0.0488. The van der Waals surface area contributed by atoms with E-state index in [1.807, 2.05) is 0 Å². The summed E-state index contributed by atoms with van der Waals surface area (Å²) in [4.78, 5) is 2.55. The number of rotatable bonds is 3. The smallest absolute Gasteiger partial charge is 0.122 e. The van der Waals surface area contributed by atoms with Crippen molar-refractivity contribution in [3.8, 4) is 5.75 Å². The Morgan fingerprint density at radius 3 is 2.37 bits per heavy atom. The number of piperidine rings is 1. The third-order valence-corrected chi connectivity index (χ3v) is 4.04. The minimum Gasteiger partial charge on any atom is -0.490 e. The summed E-state index contributed by atoms with van der Waals surface area (Å²) in [6.45, 7) is 11.3. The van der Waals surface area contributed by atoms with Crippen LogP contribution in [-0.4, -0.2) is 29.6 Å². The molecule has 2 nitrogen and oxygen atoms in total. The van der Waals surface area contributed by atoms with E-state index in [9.17, 15) is 0 Å². The molecule has 1 saturated heterocycles. The Kier molecular flexibility index (Phi) is 4.51. The summed E-state index contributed by atoms with van der Waals surface area (Å²) in [5, 5.41) is 0. The van der Waals surface area contributed by atoms with Gasteiger partial charge < -0.3 is 4.74 Å². The van der Waals surface area contributed by atoms with Crippen molar-refractivity contribution in [2.45, 2.75) is 58.6 Å². The predicted molar refractivity (Wildman–Crippen MR) is 80.8 cm³/mol. The lowest BCUT2D eigenvalue weighted by atomic mass is 9.99. The highest BCUT2D eigenvalue weighted by molar-refractivity contribution is 5.33. The molecule has 1 fully saturated rings. The fourth-order valence-corrected chi connectivity index (χ4v) is 2.73. The van der Waals surface area contributed by atoms with Gasteiger partial charge >= 0.3 is 0 Å². The maximum absolute atomic E-state index is 6.21. The van der Waals surface area contributed by atoms with E-state index in [0.717, 1.165) is 38.1 Å². The number of aryl methyl sites for hydroxylation is 1. The number of benzene rings is 1. The van der Waals surface area contributed by atoms with Crippen molar-refractivity contribution in [2.75, 3.05) is 13.1 Å². The van der Waals surface area contributed by atoms with Gasteiger partial charge in [0.25, 0.3) is 0 Å². The Balaban J connectivity index is 1.92. The lowest BCUT2D eigenvalue weighted by Gasteiger charge is -2.40. The van der Waals surface area contributed by atoms with Crippen LogP contribution < -0.4 is 4.74 Å². The molecule has 0 spiro atoms. The summed E-state index contributed by atoms with van der Waals surface area (Å²) >= 11 is 0. The van der Waals surface area contributed by atoms with Gasteiger partial charge in [-0.1, -0.05) is 25.1 Å². The molecule has 0 bridgehead atoms. The second-order valence-electron chi connectivity index (χ2n) is 6.44. The fraction of sp³-hybridized carbons (Fsp3) is 0.647. The van der Waals surface area contributed by atoms with Gasteiger partial charge in [0, 0.05) is 18.6 Å². The van der Waals surface area contributed by atoms with Gasteiger partial charge in [-0.05, 0) is 51.7 Å². The highest BCUT2D eigenvalue weighted by atomic mass is 16.5. The van der Waals surface area contributed by atoms with Crippen LogP contribution in [0.1, 0.15) is 46.1 Å². The maximum atomic E-state index is 6.21. The van der Waals surface area contributed by atoms with Crippen molar-refractivity contribution in [1.29, 1.82) is 0 Å². The van der Waals surface area contributed by atoms with Gasteiger partial charge in [-0.15, -0.1) is 0 Å². The summed E-state index contributed by atoms with van der Waals surface area (Å²) < 4.78 is 6.21. The molecular weight excluding hydrogens is 234 g/mol. The van der Waals surface area contributed by atoms with Gasteiger partial charge in [0.2, 0.25) is 0 Å². The van der Waals surface area contributed by atoms with Crippen molar-refractivity contribution in [3.05, 3.63) is 29.8 Å². The summed E-state index contributed by atoms with van der Waals surface area (Å²) in [5.74, 6) is 1.08. The van der Waals surface area contributed by atoms with Crippen molar-refractivity contribution >= 4 is 0 Å². The molecule has 0 amide bonds. The molecule has 1 heterocycles. The Labute approximate surface area is 117 Å². The predicted octanol–water partition coefficient (Wildman–Crippen LogP) is 3.89. The molecule has 0 aliphatic carbocycles. The van der Waals surface area contributed by atoms with Crippen molar-refractivity contribution in [2.24, 2.45) is 0 Å². The lowest BCUT2D eigenvalue weighted by Crippen LogP contribution is -2.48. The Hall–Kier alpha value is -1.02. The molecule has 0 saturated carbocycles. The first-order valence-electron chi connectivity index (χ1n) is 7.50.